The summed E-state index contributed by atoms with van der Waals surface area (Å²) in [6.45, 7) is 2.28. The highest BCUT2D eigenvalue weighted by atomic mass is 31.2. The van der Waals surface area contributed by atoms with Crippen LogP contribution >= 0.6 is 8.60 Å². The third-order valence-corrected chi connectivity index (χ3v) is 5.55. The zero-order valence-electron chi connectivity index (χ0n) is 17.4. The predicted molar refractivity (Wildman–Crippen MR) is 117 cm³/mol. The molecule has 0 spiro atoms. The van der Waals surface area contributed by atoms with Crippen molar-refractivity contribution in [2.75, 3.05) is 0 Å². The van der Waals surface area contributed by atoms with E-state index in [0.29, 0.717) is 5.75 Å². The summed E-state index contributed by atoms with van der Waals surface area (Å²) >= 11 is 0. The quantitative estimate of drug-likeness (QED) is 0.197. The maximum Gasteiger partial charge on any atom is 0.391 e. The SMILES string of the molecule is CCCCCCCCCCCCCCCCCc1ccc(OP(O)O)cc1. The first-order valence-electron chi connectivity index (χ1n) is 11.2. The van der Waals surface area contributed by atoms with Crippen molar-refractivity contribution in [3.8, 4) is 5.75 Å². The van der Waals surface area contributed by atoms with Crippen LogP contribution in [0.5, 0.6) is 5.75 Å². The molecule has 156 valence electrons. The van der Waals surface area contributed by atoms with Gasteiger partial charge in [0, 0.05) is 0 Å². The van der Waals surface area contributed by atoms with E-state index in [1.165, 1.54) is 102 Å². The van der Waals surface area contributed by atoms with Crippen LogP contribution < -0.4 is 4.52 Å². The number of aryl methyl sites for hydroxylation is 1. The summed E-state index contributed by atoms with van der Waals surface area (Å²) < 4.78 is 4.88. The van der Waals surface area contributed by atoms with Gasteiger partial charge in [-0.15, -0.1) is 0 Å². The number of hydrogen-bond acceptors (Lipinski definition) is 3. The molecule has 0 atom stereocenters. The molecule has 0 unspecified atom stereocenters. The summed E-state index contributed by atoms with van der Waals surface area (Å²) in [7, 11) is -2.32. The average Bonchev–Trinajstić information content (AvgIpc) is 2.66. The molecular formula is C23H41O3P. The molecule has 27 heavy (non-hydrogen) atoms. The zero-order chi connectivity index (χ0) is 19.6. The van der Waals surface area contributed by atoms with Gasteiger partial charge in [-0.05, 0) is 30.5 Å². The fourth-order valence-electron chi connectivity index (χ4n) is 3.51. The molecule has 0 radical (unpaired) electrons. The van der Waals surface area contributed by atoms with Crippen LogP contribution in [0, 0.1) is 0 Å². The second-order valence-electron chi connectivity index (χ2n) is 7.69. The molecule has 0 aliphatic carbocycles. The first kappa shape index (κ1) is 24.4. The predicted octanol–water partition coefficient (Wildman–Crippen LogP) is 7.69. The second kappa shape index (κ2) is 17.5. The zero-order valence-corrected chi connectivity index (χ0v) is 18.3. The summed E-state index contributed by atoms with van der Waals surface area (Å²) in [5.74, 6) is 0.520. The van der Waals surface area contributed by atoms with Crippen LogP contribution in [0.25, 0.3) is 0 Å². The summed E-state index contributed by atoms with van der Waals surface area (Å²) in [6, 6.07) is 7.64. The normalized spacial score (nSPS) is 11.3. The van der Waals surface area contributed by atoms with Gasteiger partial charge in [0.2, 0.25) is 0 Å². The van der Waals surface area contributed by atoms with Crippen molar-refractivity contribution in [2.45, 2.75) is 110 Å². The van der Waals surface area contributed by atoms with Crippen LogP contribution in [0.2, 0.25) is 0 Å². The number of benzene rings is 1. The Kier molecular flexibility index (Phi) is 15.8. The first-order chi connectivity index (χ1) is 13.2. The Balaban J connectivity index is 1.84. The molecule has 2 N–H and O–H groups in total. The van der Waals surface area contributed by atoms with Gasteiger partial charge in [-0.1, -0.05) is 109 Å². The fraction of sp³-hybridized carbons (Fsp3) is 0.739. The van der Waals surface area contributed by atoms with Crippen molar-refractivity contribution in [1.29, 1.82) is 0 Å². The Bertz CT molecular complexity index is 434. The topological polar surface area (TPSA) is 49.7 Å². The van der Waals surface area contributed by atoms with Gasteiger partial charge in [0.1, 0.15) is 5.75 Å². The third kappa shape index (κ3) is 15.0. The maximum absolute atomic E-state index is 8.83. The number of rotatable bonds is 18. The highest BCUT2D eigenvalue weighted by Gasteiger charge is 2.02. The lowest BCUT2D eigenvalue weighted by Crippen LogP contribution is -1.88. The van der Waals surface area contributed by atoms with Gasteiger partial charge in [0.05, 0.1) is 0 Å². The van der Waals surface area contributed by atoms with E-state index in [0.717, 1.165) is 6.42 Å². The lowest BCUT2D eigenvalue weighted by molar-refractivity contribution is 0.375. The third-order valence-electron chi connectivity index (χ3n) is 5.18. The summed E-state index contributed by atoms with van der Waals surface area (Å²) in [5, 5.41) is 0. The molecule has 0 saturated heterocycles. The van der Waals surface area contributed by atoms with E-state index >= 15 is 0 Å². The van der Waals surface area contributed by atoms with Gasteiger partial charge < -0.3 is 14.3 Å². The highest BCUT2D eigenvalue weighted by Crippen LogP contribution is 2.28. The lowest BCUT2D eigenvalue weighted by atomic mass is 10.0. The Morgan fingerprint density at radius 3 is 1.44 bits per heavy atom. The van der Waals surface area contributed by atoms with Crippen LogP contribution in [-0.4, -0.2) is 9.79 Å². The molecule has 0 aromatic heterocycles. The number of hydrogen-bond donors (Lipinski definition) is 2. The first-order valence-corrected chi connectivity index (χ1v) is 12.3. The van der Waals surface area contributed by atoms with Gasteiger partial charge in [-0.3, -0.25) is 0 Å². The van der Waals surface area contributed by atoms with Crippen molar-refractivity contribution in [3.05, 3.63) is 29.8 Å². The molecular weight excluding hydrogens is 355 g/mol. The molecule has 1 rings (SSSR count). The summed E-state index contributed by atoms with van der Waals surface area (Å²) in [6.07, 6.45) is 22.0. The largest absolute Gasteiger partial charge is 0.427 e. The van der Waals surface area contributed by atoms with Crippen LogP contribution in [-0.2, 0) is 6.42 Å². The molecule has 0 aliphatic heterocycles. The van der Waals surface area contributed by atoms with E-state index in [9.17, 15) is 0 Å². The summed E-state index contributed by atoms with van der Waals surface area (Å²) in [5.41, 5.74) is 1.29. The van der Waals surface area contributed by atoms with Crippen molar-refractivity contribution in [1.82, 2.24) is 0 Å². The van der Waals surface area contributed by atoms with Gasteiger partial charge in [-0.25, -0.2) is 0 Å². The van der Waals surface area contributed by atoms with E-state index in [4.69, 9.17) is 14.3 Å². The van der Waals surface area contributed by atoms with E-state index in [1.54, 1.807) is 0 Å². The smallest absolute Gasteiger partial charge is 0.391 e. The molecule has 1 aromatic rings. The van der Waals surface area contributed by atoms with Gasteiger partial charge in [-0.2, -0.15) is 0 Å². The van der Waals surface area contributed by atoms with E-state index < -0.39 is 8.60 Å². The highest BCUT2D eigenvalue weighted by molar-refractivity contribution is 7.39. The Morgan fingerprint density at radius 1 is 0.630 bits per heavy atom. The number of unbranched alkanes of at least 4 members (excludes halogenated alkanes) is 14. The monoisotopic (exact) mass is 396 g/mol. The minimum Gasteiger partial charge on any atom is -0.427 e. The molecule has 0 bridgehead atoms. The van der Waals surface area contributed by atoms with Crippen LogP contribution in [0.3, 0.4) is 0 Å². The maximum atomic E-state index is 8.83. The molecule has 0 saturated carbocycles. The second-order valence-corrected chi connectivity index (χ2v) is 8.38. The molecule has 1 aromatic carbocycles. The van der Waals surface area contributed by atoms with Gasteiger partial charge >= 0.3 is 8.60 Å². The van der Waals surface area contributed by atoms with Gasteiger partial charge in [0.15, 0.2) is 0 Å². The Labute approximate surface area is 168 Å². The van der Waals surface area contributed by atoms with Crippen LogP contribution in [0.4, 0.5) is 0 Å². The minimum atomic E-state index is -2.32. The Hall–Kier alpha value is -0.630. The molecule has 0 heterocycles. The minimum absolute atomic E-state index is 0.520. The molecule has 4 heteroatoms. The van der Waals surface area contributed by atoms with Crippen molar-refractivity contribution < 1.29 is 14.3 Å². The van der Waals surface area contributed by atoms with Crippen molar-refractivity contribution >= 4 is 8.60 Å². The lowest BCUT2D eigenvalue weighted by Gasteiger charge is -2.06. The standard InChI is InChI=1S/C23H41O3P/c1-2-3-4-5-6-7-8-9-10-11-12-13-14-15-16-17-22-18-20-23(21-19-22)26-27(24)25/h18-21,24-25H,2-17H2,1H3. The average molecular weight is 397 g/mol. The Morgan fingerprint density at radius 2 is 1.04 bits per heavy atom. The molecule has 3 nitrogen and oxygen atoms in total. The molecule has 0 amide bonds. The molecule has 0 aliphatic rings. The van der Waals surface area contributed by atoms with Gasteiger partial charge in [0.25, 0.3) is 0 Å². The fourth-order valence-corrected chi connectivity index (χ4v) is 3.82. The van der Waals surface area contributed by atoms with E-state index in [2.05, 4.69) is 6.92 Å². The van der Waals surface area contributed by atoms with Crippen LogP contribution in [0.1, 0.15) is 109 Å². The summed E-state index contributed by atoms with van der Waals surface area (Å²) in [4.78, 5) is 17.7. The molecule has 0 fully saturated rings. The van der Waals surface area contributed by atoms with E-state index in [-0.39, 0.29) is 0 Å². The van der Waals surface area contributed by atoms with E-state index in [1.807, 2.05) is 24.3 Å². The van der Waals surface area contributed by atoms with Crippen molar-refractivity contribution in [2.24, 2.45) is 0 Å². The van der Waals surface area contributed by atoms with Crippen LogP contribution in [0.15, 0.2) is 24.3 Å². The van der Waals surface area contributed by atoms with Crippen molar-refractivity contribution in [3.63, 3.8) is 0 Å².